The highest BCUT2D eigenvalue weighted by Gasteiger charge is 2.58. The number of likely N-dealkylation sites (tertiary alicyclic amines) is 1. The molecule has 0 unspecified atom stereocenters. The minimum Gasteiger partial charge on any atom is -0.508 e. The summed E-state index contributed by atoms with van der Waals surface area (Å²) in [6, 6.07) is 15.8. The van der Waals surface area contributed by atoms with E-state index in [0.717, 1.165) is 24.1 Å². The molecule has 0 saturated carbocycles. The van der Waals surface area contributed by atoms with E-state index in [4.69, 9.17) is 4.74 Å². The molecule has 4 nitrogen and oxygen atoms in total. The number of carbonyl (C=O) groups excluding carboxylic acids is 1. The van der Waals surface area contributed by atoms with E-state index < -0.39 is 6.10 Å². The molecular formula is C25H31NO3. The third-order valence-corrected chi connectivity index (χ3v) is 7.61. The molecule has 154 valence electrons. The standard InChI is InChI=1S/C25H31NO3/c1-17(29-16-18-9-6-5-7-10-18)23(28)26-14-13-25(4)22(26)15-19-20(24(25,2)3)11-8-12-21(19)27/h5-12,17,22,27H,13-16H2,1-4H3/t17-,22-,25+/m1/s1. The zero-order valence-corrected chi connectivity index (χ0v) is 17.8. The maximum atomic E-state index is 13.3. The van der Waals surface area contributed by atoms with Crippen LogP contribution in [0.25, 0.3) is 0 Å². The fourth-order valence-corrected chi connectivity index (χ4v) is 5.32. The number of fused-ring (bicyclic) bond motifs is 2. The van der Waals surface area contributed by atoms with Gasteiger partial charge in [-0.2, -0.15) is 0 Å². The maximum absolute atomic E-state index is 13.3. The van der Waals surface area contributed by atoms with Gasteiger partial charge >= 0.3 is 0 Å². The highest BCUT2D eigenvalue weighted by atomic mass is 16.5. The molecule has 1 aliphatic carbocycles. The first-order valence-electron chi connectivity index (χ1n) is 10.5. The Hall–Kier alpha value is -2.33. The van der Waals surface area contributed by atoms with Crippen LogP contribution in [0, 0.1) is 5.41 Å². The highest BCUT2D eigenvalue weighted by Crippen LogP contribution is 2.57. The number of carbonyl (C=O) groups is 1. The van der Waals surface area contributed by atoms with Crippen LogP contribution in [0.3, 0.4) is 0 Å². The van der Waals surface area contributed by atoms with Crippen LogP contribution >= 0.6 is 0 Å². The number of aromatic hydroxyl groups is 1. The topological polar surface area (TPSA) is 49.8 Å². The minimum atomic E-state index is -0.494. The van der Waals surface area contributed by atoms with Crippen LogP contribution in [0.4, 0.5) is 0 Å². The third kappa shape index (κ3) is 3.14. The zero-order valence-electron chi connectivity index (χ0n) is 17.8. The van der Waals surface area contributed by atoms with Gasteiger partial charge in [-0.25, -0.2) is 0 Å². The van der Waals surface area contributed by atoms with E-state index in [2.05, 4.69) is 26.8 Å². The Labute approximate surface area is 173 Å². The summed E-state index contributed by atoms with van der Waals surface area (Å²) in [4.78, 5) is 15.3. The number of phenolic OH excluding ortho intramolecular Hbond substituents is 1. The van der Waals surface area contributed by atoms with Gasteiger partial charge in [0.1, 0.15) is 11.9 Å². The summed E-state index contributed by atoms with van der Waals surface area (Å²) in [6.45, 7) is 9.81. The molecule has 0 aromatic heterocycles. The van der Waals surface area contributed by atoms with Crippen molar-refractivity contribution in [2.45, 2.75) is 64.7 Å². The van der Waals surface area contributed by atoms with Crippen LogP contribution in [-0.2, 0) is 28.0 Å². The lowest BCUT2D eigenvalue weighted by atomic mass is 9.54. The van der Waals surface area contributed by atoms with E-state index in [-0.39, 0.29) is 22.8 Å². The lowest BCUT2D eigenvalue weighted by Gasteiger charge is -2.52. The Bertz CT molecular complexity index is 908. The van der Waals surface area contributed by atoms with Crippen molar-refractivity contribution >= 4 is 5.91 Å². The van der Waals surface area contributed by atoms with E-state index in [0.29, 0.717) is 18.8 Å². The van der Waals surface area contributed by atoms with Crippen LogP contribution < -0.4 is 0 Å². The zero-order chi connectivity index (χ0) is 20.8. The molecule has 2 aliphatic rings. The van der Waals surface area contributed by atoms with Crippen molar-refractivity contribution < 1.29 is 14.6 Å². The molecule has 1 N–H and O–H groups in total. The molecular weight excluding hydrogens is 362 g/mol. The molecule has 1 saturated heterocycles. The van der Waals surface area contributed by atoms with E-state index >= 15 is 0 Å². The SMILES string of the molecule is C[C@@H](OCc1ccccc1)C(=O)N1CC[C@@]2(C)[C@H]1Cc1c(O)cccc1C2(C)C. The molecule has 4 rings (SSSR count). The van der Waals surface area contributed by atoms with Crippen molar-refractivity contribution in [2.75, 3.05) is 6.54 Å². The van der Waals surface area contributed by atoms with Gasteiger partial charge in [-0.3, -0.25) is 4.79 Å². The second kappa shape index (κ2) is 7.17. The number of hydrogen-bond donors (Lipinski definition) is 1. The summed E-state index contributed by atoms with van der Waals surface area (Å²) >= 11 is 0. The van der Waals surface area contributed by atoms with E-state index in [1.54, 1.807) is 6.07 Å². The number of benzene rings is 2. The van der Waals surface area contributed by atoms with Gasteiger partial charge in [-0.05, 0) is 53.4 Å². The van der Waals surface area contributed by atoms with Crippen molar-refractivity contribution in [3.05, 3.63) is 65.2 Å². The van der Waals surface area contributed by atoms with Gasteiger partial charge < -0.3 is 14.7 Å². The summed E-state index contributed by atoms with van der Waals surface area (Å²) in [7, 11) is 0. The van der Waals surface area contributed by atoms with Gasteiger partial charge in [-0.15, -0.1) is 0 Å². The summed E-state index contributed by atoms with van der Waals surface area (Å²) in [5.74, 6) is 0.384. The molecule has 3 atom stereocenters. The van der Waals surface area contributed by atoms with Gasteiger partial charge in [0.2, 0.25) is 0 Å². The van der Waals surface area contributed by atoms with Gasteiger partial charge in [0, 0.05) is 12.6 Å². The molecule has 1 aliphatic heterocycles. The quantitative estimate of drug-likeness (QED) is 0.836. The number of amides is 1. The number of rotatable bonds is 4. The van der Waals surface area contributed by atoms with E-state index in [1.807, 2.05) is 48.2 Å². The smallest absolute Gasteiger partial charge is 0.251 e. The molecule has 4 heteroatoms. The van der Waals surface area contributed by atoms with E-state index in [9.17, 15) is 9.90 Å². The molecule has 1 fully saturated rings. The van der Waals surface area contributed by atoms with Gasteiger partial charge in [0.05, 0.1) is 6.61 Å². The Morgan fingerprint density at radius 1 is 1.17 bits per heavy atom. The average molecular weight is 394 g/mol. The molecule has 0 spiro atoms. The first-order valence-corrected chi connectivity index (χ1v) is 10.5. The van der Waals surface area contributed by atoms with Gasteiger partial charge in [0.15, 0.2) is 0 Å². The van der Waals surface area contributed by atoms with Crippen LogP contribution in [0.15, 0.2) is 48.5 Å². The van der Waals surface area contributed by atoms with Crippen molar-refractivity contribution in [1.29, 1.82) is 0 Å². The van der Waals surface area contributed by atoms with Crippen LogP contribution in [0.2, 0.25) is 0 Å². The van der Waals surface area contributed by atoms with Gasteiger partial charge in [0.25, 0.3) is 5.91 Å². The third-order valence-electron chi connectivity index (χ3n) is 7.61. The van der Waals surface area contributed by atoms with Crippen LogP contribution in [0.5, 0.6) is 5.75 Å². The highest BCUT2D eigenvalue weighted by molar-refractivity contribution is 5.81. The monoisotopic (exact) mass is 393 g/mol. The number of hydrogen-bond acceptors (Lipinski definition) is 3. The Morgan fingerprint density at radius 2 is 1.90 bits per heavy atom. The fourth-order valence-electron chi connectivity index (χ4n) is 5.32. The summed E-state index contributed by atoms with van der Waals surface area (Å²) in [5.41, 5.74) is 3.09. The predicted octanol–water partition coefficient (Wildman–Crippen LogP) is 4.44. The molecule has 0 bridgehead atoms. The minimum absolute atomic E-state index is 0.0391. The molecule has 1 heterocycles. The molecule has 2 aromatic rings. The summed E-state index contributed by atoms with van der Waals surface area (Å²) in [5, 5.41) is 10.5. The Kier molecular flexibility index (Phi) is 4.94. The first kappa shape index (κ1) is 20.0. The van der Waals surface area contributed by atoms with Crippen molar-refractivity contribution in [3.8, 4) is 5.75 Å². The summed E-state index contributed by atoms with van der Waals surface area (Å²) < 4.78 is 5.92. The van der Waals surface area contributed by atoms with Crippen molar-refractivity contribution in [2.24, 2.45) is 5.41 Å². The van der Waals surface area contributed by atoms with Crippen molar-refractivity contribution in [3.63, 3.8) is 0 Å². The largest absolute Gasteiger partial charge is 0.508 e. The van der Waals surface area contributed by atoms with Crippen LogP contribution in [-0.4, -0.2) is 34.6 Å². The van der Waals surface area contributed by atoms with Gasteiger partial charge in [-0.1, -0.05) is 63.2 Å². The Morgan fingerprint density at radius 3 is 2.62 bits per heavy atom. The fraction of sp³-hybridized carbons (Fsp3) is 0.480. The van der Waals surface area contributed by atoms with E-state index in [1.165, 1.54) is 5.56 Å². The predicted molar refractivity (Wildman–Crippen MR) is 114 cm³/mol. The molecule has 0 radical (unpaired) electrons. The normalized spacial score (nSPS) is 25.9. The molecule has 2 aromatic carbocycles. The molecule has 1 amide bonds. The van der Waals surface area contributed by atoms with Crippen LogP contribution in [0.1, 0.15) is 50.8 Å². The second-order valence-corrected chi connectivity index (χ2v) is 9.29. The summed E-state index contributed by atoms with van der Waals surface area (Å²) in [6.07, 6.45) is 1.15. The lowest BCUT2D eigenvalue weighted by molar-refractivity contribution is -0.146. The average Bonchev–Trinajstić information content (AvgIpc) is 3.06. The number of ether oxygens (including phenoxy) is 1. The Balaban J connectivity index is 1.56. The first-order chi connectivity index (χ1) is 13.8. The number of phenols is 1. The van der Waals surface area contributed by atoms with Crippen molar-refractivity contribution in [1.82, 2.24) is 4.90 Å². The second-order valence-electron chi connectivity index (χ2n) is 9.29. The molecule has 29 heavy (non-hydrogen) atoms. The lowest BCUT2D eigenvalue weighted by Crippen LogP contribution is -2.55. The maximum Gasteiger partial charge on any atom is 0.251 e. The number of nitrogens with zero attached hydrogens (tertiary/aromatic N) is 1.